The number of amides is 1. The highest BCUT2D eigenvalue weighted by molar-refractivity contribution is 5.75. The predicted molar refractivity (Wildman–Crippen MR) is 106 cm³/mol. The van der Waals surface area contributed by atoms with Gasteiger partial charge in [0, 0.05) is 13.5 Å². The monoisotopic (exact) mass is 349 g/mol. The zero-order valence-corrected chi connectivity index (χ0v) is 15.7. The smallest absolute Gasteiger partial charge is 0.219 e. The van der Waals surface area contributed by atoms with Gasteiger partial charge in [0.2, 0.25) is 5.91 Å². The van der Waals surface area contributed by atoms with Crippen molar-refractivity contribution in [3.63, 3.8) is 0 Å². The Bertz CT molecular complexity index is 767. The molecule has 0 bridgehead atoms. The molecule has 1 atom stereocenters. The molecule has 0 spiro atoms. The SMILES string of the molecule is CCCCC1/C(=C/c2cccc(Oc3ccccc3)c2)CCN1C(C)=O. The normalized spacial score (nSPS) is 18.3. The number of carbonyl (C=O) groups is 1. The van der Waals surface area contributed by atoms with Crippen molar-refractivity contribution in [2.45, 2.75) is 45.6 Å². The Morgan fingerprint density at radius 1 is 1.15 bits per heavy atom. The summed E-state index contributed by atoms with van der Waals surface area (Å²) in [4.78, 5) is 14.0. The Hall–Kier alpha value is -2.55. The van der Waals surface area contributed by atoms with Crippen LogP contribution in [0.1, 0.15) is 45.1 Å². The minimum absolute atomic E-state index is 0.177. The van der Waals surface area contributed by atoms with E-state index < -0.39 is 0 Å². The number of hydrogen-bond donors (Lipinski definition) is 0. The van der Waals surface area contributed by atoms with E-state index in [4.69, 9.17) is 4.74 Å². The van der Waals surface area contributed by atoms with Gasteiger partial charge in [-0.15, -0.1) is 0 Å². The fraction of sp³-hybridized carbons (Fsp3) is 0.348. The lowest BCUT2D eigenvalue weighted by atomic mass is 9.99. The van der Waals surface area contributed by atoms with Crippen molar-refractivity contribution in [3.8, 4) is 11.5 Å². The summed E-state index contributed by atoms with van der Waals surface area (Å²) in [5, 5.41) is 0. The third kappa shape index (κ3) is 4.54. The van der Waals surface area contributed by atoms with Crippen LogP contribution in [0.5, 0.6) is 11.5 Å². The van der Waals surface area contributed by atoms with Crippen LogP contribution >= 0.6 is 0 Å². The summed E-state index contributed by atoms with van der Waals surface area (Å²) < 4.78 is 5.94. The van der Waals surface area contributed by atoms with E-state index >= 15 is 0 Å². The van der Waals surface area contributed by atoms with Gasteiger partial charge in [0.25, 0.3) is 0 Å². The second-order valence-electron chi connectivity index (χ2n) is 6.83. The molecule has 3 heteroatoms. The van der Waals surface area contributed by atoms with Crippen molar-refractivity contribution in [1.29, 1.82) is 0 Å². The molecule has 1 aliphatic heterocycles. The second-order valence-corrected chi connectivity index (χ2v) is 6.83. The summed E-state index contributed by atoms with van der Waals surface area (Å²) >= 11 is 0. The first kappa shape index (κ1) is 18.2. The van der Waals surface area contributed by atoms with E-state index in [0.717, 1.165) is 49.3 Å². The first-order chi connectivity index (χ1) is 12.7. The van der Waals surface area contributed by atoms with Gasteiger partial charge in [-0.25, -0.2) is 0 Å². The van der Waals surface area contributed by atoms with Crippen LogP contribution in [-0.2, 0) is 4.79 Å². The van der Waals surface area contributed by atoms with E-state index in [2.05, 4.69) is 25.1 Å². The van der Waals surface area contributed by atoms with Crippen LogP contribution in [0.4, 0.5) is 0 Å². The lowest BCUT2D eigenvalue weighted by molar-refractivity contribution is -0.129. The van der Waals surface area contributed by atoms with Crippen molar-refractivity contribution in [3.05, 3.63) is 65.7 Å². The molecule has 1 fully saturated rings. The average Bonchev–Trinajstić information content (AvgIpc) is 3.04. The first-order valence-electron chi connectivity index (χ1n) is 9.48. The van der Waals surface area contributed by atoms with E-state index in [9.17, 15) is 4.79 Å². The third-order valence-corrected chi connectivity index (χ3v) is 4.87. The maximum atomic E-state index is 12.0. The Kier molecular flexibility index (Phi) is 6.11. The number of ether oxygens (including phenoxy) is 1. The Balaban J connectivity index is 1.79. The van der Waals surface area contributed by atoms with E-state index in [1.54, 1.807) is 6.92 Å². The highest BCUT2D eigenvalue weighted by Crippen LogP contribution is 2.30. The van der Waals surface area contributed by atoms with Crippen LogP contribution in [0.25, 0.3) is 6.08 Å². The fourth-order valence-electron chi connectivity index (χ4n) is 3.56. The number of unbranched alkanes of at least 4 members (excludes halogenated alkanes) is 1. The molecule has 0 radical (unpaired) electrons. The lowest BCUT2D eigenvalue weighted by Gasteiger charge is -2.24. The van der Waals surface area contributed by atoms with Gasteiger partial charge < -0.3 is 9.64 Å². The van der Waals surface area contributed by atoms with Gasteiger partial charge in [0.15, 0.2) is 0 Å². The molecule has 1 amide bonds. The standard InChI is InChI=1S/C23H27NO2/c1-3-4-13-23-20(14-15-24(23)18(2)25)16-19-9-8-12-22(17-19)26-21-10-6-5-7-11-21/h5-12,16-17,23H,3-4,13-15H2,1-2H3/b20-16+. The van der Waals surface area contributed by atoms with Crippen LogP contribution in [-0.4, -0.2) is 23.4 Å². The molecule has 1 saturated heterocycles. The lowest BCUT2D eigenvalue weighted by Crippen LogP contribution is -2.34. The van der Waals surface area contributed by atoms with Gasteiger partial charge >= 0.3 is 0 Å². The molecule has 1 unspecified atom stereocenters. The number of benzene rings is 2. The van der Waals surface area contributed by atoms with E-state index in [0.29, 0.717) is 0 Å². The minimum atomic E-state index is 0.177. The molecular formula is C23H27NO2. The third-order valence-electron chi connectivity index (χ3n) is 4.87. The topological polar surface area (TPSA) is 29.5 Å². The molecule has 0 aromatic heterocycles. The Morgan fingerprint density at radius 2 is 1.92 bits per heavy atom. The van der Waals surface area contributed by atoms with Gasteiger partial charge in [-0.2, -0.15) is 0 Å². The molecule has 0 saturated carbocycles. The number of rotatable bonds is 6. The van der Waals surface area contributed by atoms with Gasteiger partial charge in [-0.05, 0) is 48.2 Å². The first-order valence-corrected chi connectivity index (χ1v) is 9.48. The quantitative estimate of drug-likeness (QED) is 0.672. The molecule has 0 aliphatic carbocycles. The number of para-hydroxylation sites is 1. The van der Waals surface area contributed by atoms with E-state index in [-0.39, 0.29) is 11.9 Å². The molecule has 2 aromatic carbocycles. The van der Waals surface area contributed by atoms with Crippen molar-refractivity contribution >= 4 is 12.0 Å². The largest absolute Gasteiger partial charge is 0.457 e. The van der Waals surface area contributed by atoms with Crippen LogP contribution in [0.2, 0.25) is 0 Å². The van der Waals surface area contributed by atoms with Crippen LogP contribution in [0, 0.1) is 0 Å². The molecule has 1 aliphatic rings. The molecule has 26 heavy (non-hydrogen) atoms. The number of nitrogens with zero attached hydrogens (tertiary/aromatic N) is 1. The Morgan fingerprint density at radius 3 is 2.65 bits per heavy atom. The summed E-state index contributed by atoms with van der Waals surface area (Å²) in [6.45, 7) is 4.70. The van der Waals surface area contributed by atoms with E-state index in [1.807, 2.05) is 47.4 Å². The second kappa shape index (κ2) is 8.70. The summed E-state index contributed by atoms with van der Waals surface area (Å²) in [5.74, 6) is 1.84. The maximum Gasteiger partial charge on any atom is 0.219 e. The van der Waals surface area contributed by atoms with Crippen molar-refractivity contribution in [2.24, 2.45) is 0 Å². The van der Waals surface area contributed by atoms with Crippen molar-refractivity contribution < 1.29 is 9.53 Å². The summed E-state index contributed by atoms with van der Waals surface area (Å²) in [6, 6.07) is 18.2. The number of carbonyl (C=O) groups excluding carboxylic acids is 1. The van der Waals surface area contributed by atoms with Gasteiger partial charge in [0.05, 0.1) is 6.04 Å². The highest BCUT2D eigenvalue weighted by atomic mass is 16.5. The van der Waals surface area contributed by atoms with Crippen LogP contribution < -0.4 is 4.74 Å². The summed E-state index contributed by atoms with van der Waals surface area (Å²) in [6.07, 6.45) is 6.53. The predicted octanol–water partition coefficient (Wildman–Crippen LogP) is 5.67. The molecular weight excluding hydrogens is 322 g/mol. The average molecular weight is 349 g/mol. The van der Waals surface area contributed by atoms with Crippen LogP contribution in [0.3, 0.4) is 0 Å². The van der Waals surface area contributed by atoms with E-state index in [1.165, 1.54) is 5.57 Å². The van der Waals surface area contributed by atoms with Gasteiger partial charge in [-0.1, -0.05) is 56.2 Å². The molecule has 3 rings (SSSR count). The number of likely N-dealkylation sites (tertiary alicyclic amines) is 1. The minimum Gasteiger partial charge on any atom is -0.457 e. The Labute approximate surface area is 156 Å². The molecule has 0 N–H and O–H groups in total. The van der Waals surface area contributed by atoms with Crippen LogP contribution in [0.15, 0.2) is 60.2 Å². The summed E-state index contributed by atoms with van der Waals surface area (Å²) in [5.41, 5.74) is 2.48. The molecule has 136 valence electrons. The maximum absolute atomic E-state index is 12.0. The molecule has 1 heterocycles. The zero-order valence-electron chi connectivity index (χ0n) is 15.7. The van der Waals surface area contributed by atoms with Gasteiger partial charge in [-0.3, -0.25) is 4.79 Å². The zero-order chi connectivity index (χ0) is 18.4. The highest BCUT2D eigenvalue weighted by Gasteiger charge is 2.30. The van der Waals surface area contributed by atoms with Crippen molar-refractivity contribution in [2.75, 3.05) is 6.54 Å². The molecule has 3 nitrogen and oxygen atoms in total. The van der Waals surface area contributed by atoms with Crippen molar-refractivity contribution in [1.82, 2.24) is 4.90 Å². The van der Waals surface area contributed by atoms with Gasteiger partial charge in [0.1, 0.15) is 11.5 Å². The molecule has 2 aromatic rings. The number of hydrogen-bond acceptors (Lipinski definition) is 2. The fourth-order valence-corrected chi connectivity index (χ4v) is 3.56. The summed E-state index contributed by atoms with van der Waals surface area (Å²) in [7, 11) is 0.